The maximum absolute atomic E-state index is 10.2. The van der Waals surface area contributed by atoms with Crippen LogP contribution in [0.3, 0.4) is 0 Å². The molecule has 5 nitrogen and oxygen atoms in total. The Morgan fingerprint density at radius 1 is 0.962 bits per heavy atom. The third-order valence-electron chi connectivity index (χ3n) is 4.51. The Labute approximate surface area is 148 Å². The molecule has 0 unspecified atom stereocenters. The van der Waals surface area contributed by atoms with E-state index in [0.717, 1.165) is 43.9 Å². The molecule has 5 rings (SSSR count). The summed E-state index contributed by atoms with van der Waals surface area (Å²) in [5, 5.41) is 21.8. The number of aromatic amines is 1. The Hall–Kier alpha value is -3.73. The average molecular weight is 338 g/mol. The standard InChI is InChI=1S/C21H14N4O/c26-21-17(15-5-1-2-6-18(15)23-21)10-13-7-8-16-19(11-13)24-25-20(16)14-4-3-9-22-12-14/h1-12,23,26H/b13-10+. The molecule has 2 aromatic carbocycles. The van der Waals surface area contributed by atoms with Crippen LogP contribution in [0.25, 0.3) is 22.7 Å². The molecule has 0 radical (unpaired) electrons. The van der Waals surface area contributed by atoms with E-state index in [0.29, 0.717) is 0 Å². The molecular weight excluding hydrogens is 324 g/mol. The first-order valence-corrected chi connectivity index (χ1v) is 8.27. The van der Waals surface area contributed by atoms with Crippen molar-refractivity contribution in [3.63, 3.8) is 0 Å². The van der Waals surface area contributed by atoms with Crippen LogP contribution in [0.5, 0.6) is 5.88 Å². The van der Waals surface area contributed by atoms with Crippen LogP contribution in [0.2, 0.25) is 0 Å². The Bertz CT molecular complexity index is 1290. The molecule has 2 aromatic heterocycles. The van der Waals surface area contributed by atoms with E-state index in [2.05, 4.69) is 20.2 Å². The zero-order chi connectivity index (χ0) is 17.5. The summed E-state index contributed by atoms with van der Waals surface area (Å²) in [6.45, 7) is 0. The number of aromatic hydroxyl groups is 1. The van der Waals surface area contributed by atoms with Crippen molar-refractivity contribution in [2.45, 2.75) is 0 Å². The summed E-state index contributed by atoms with van der Waals surface area (Å²) in [5.74, 6) is 0.163. The number of benzene rings is 2. The van der Waals surface area contributed by atoms with E-state index in [4.69, 9.17) is 0 Å². The third kappa shape index (κ3) is 2.29. The number of fused-ring (bicyclic) bond motifs is 2. The van der Waals surface area contributed by atoms with Crippen LogP contribution >= 0.6 is 0 Å². The summed E-state index contributed by atoms with van der Waals surface area (Å²) in [5.41, 5.74) is 4.27. The molecule has 0 amide bonds. The number of nitrogens with one attached hydrogen (secondary N) is 1. The fraction of sp³-hybridized carbons (Fsp3) is 0. The highest BCUT2D eigenvalue weighted by atomic mass is 16.3. The van der Waals surface area contributed by atoms with Crippen LogP contribution in [-0.2, 0) is 0 Å². The van der Waals surface area contributed by atoms with Crippen molar-refractivity contribution in [1.29, 1.82) is 0 Å². The molecule has 124 valence electrons. The highest BCUT2D eigenvalue weighted by Crippen LogP contribution is 2.27. The Balaban J connectivity index is 1.68. The van der Waals surface area contributed by atoms with Gasteiger partial charge in [-0.1, -0.05) is 24.3 Å². The van der Waals surface area contributed by atoms with Gasteiger partial charge in [0.2, 0.25) is 0 Å². The number of aromatic nitrogens is 2. The highest BCUT2D eigenvalue weighted by molar-refractivity contribution is 5.91. The fourth-order valence-corrected chi connectivity index (χ4v) is 3.26. The van der Waals surface area contributed by atoms with E-state index in [-0.39, 0.29) is 5.88 Å². The van der Waals surface area contributed by atoms with Gasteiger partial charge >= 0.3 is 0 Å². The molecule has 0 spiro atoms. The summed E-state index contributed by atoms with van der Waals surface area (Å²) in [6, 6.07) is 17.7. The van der Waals surface area contributed by atoms with Crippen LogP contribution in [0, 0.1) is 0 Å². The van der Waals surface area contributed by atoms with Crippen molar-refractivity contribution in [3.05, 3.63) is 88.6 Å². The molecule has 0 aliphatic carbocycles. The molecule has 4 aromatic rings. The summed E-state index contributed by atoms with van der Waals surface area (Å²) in [4.78, 5) is 7.15. The maximum atomic E-state index is 10.2. The van der Waals surface area contributed by atoms with Crippen molar-refractivity contribution in [2.75, 3.05) is 0 Å². The van der Waals surface area contributed by atoms with Crippen molar-refractivity contribution in [2.24, 2.45) is 10.2 Å². The zero-order valence-corrected chi connectivity index (χ0v) is 13.7. The lowest BCUT2D eigenvalue weighted by Crippen LogP contribution is -2.09. The second-order valence-corrected chi connectivity index (χ2v) is 6.14. The lowest BCUT2D eigenvalue weighted by molar-refractivity contribution is 0.457. The van der Waals surface area contributed by atoms with Gasteiger partial charge in [0.05, 0.1) is 5.69 Å². The molecule has 0 saturated heterocycles. The molecule has 26 heavy (non-hydrogen) atoms. The molecular formula is C21H14N4O. The first-order valence-electron chi connectivity index (χ1n) is 8.27. The molecule has 2 N–H and O–H groups in total. The number of pyridine rings is 1. The molecule has 0 saturated carbocycles. The second-order valence-electron chi connectivity index (χ2n) is 6.14. The van der Waals surface area contributed by atoms with E-state index < -0.39 is 0 Å². The normalized spacial score (nSPS) is 13.5. The van der Waals surface area contributed by atoms with Gasteiger partial charge in [-0.15, -0.1) is 10.2 Å². The van der Waals surface area contributed by atoms with E-state index in [9.17, 15) is 5.11 Å². The topological polar surface area (TPSA) is 73.6 Å². The Morgan fingerprint density at radius 3 is 2.77 bits per heavy atom. The molecule has 5 heteroatoms. The lowest BCUT2D eigenvalue weighted by atomic mass is 10.1. The van der Waals surface area contributed by atoms with Crippen LogP contribution in [0.1, 0.15) is 11.1 Å². The van der Waals surface area contributed by atoms with Gasteiger partial charge in [-0.25, -0.2) is 0 Å². The quantitative estimate of drug-likeness (QED) is 0.588. The minimum atomic E-state index is 0.163. The Morgan fingerprint density at radius 2 is 1.88 bits per heavy atom. The summed E-state index contributed by atoms with van der Waals surface area (Å²) in [6.07, 6.45) is 5.47. The molecule has 0 atom stereocenters. The predicted molar refractivity (Wildman–Crippen MR) is 100 cm³/mol. The number of para-hydroxylation sites is 1. The minimum absolute atomic E-state index is 0.163. The summed E-state index contributed by atoms with van der Waals surface area (Å²) >= 11 is 0. The van der Waals surface area contributed by atoms with Gasteiger partial charge in [-0.05, 0) is 41.6 Å². The zero-order valence-electron chi connectivity index (χ0n) is 13.7. The number of rotatable bonds is 2. The minimum Gasteiger partial charge on any atom is -0.494 e. The van der Waals surface area contributed by atoms with E-state index in [1.807, 2.05) is 60.7 Å². The van der Waals surface area contributed by atoms with Crippen LogP contribution < -0.4 is 10.4 Å². The van der Waals surface area contributed by atoms with Crippen LogP contribution in [-0.4, -0.2) is 15.1 Å². The number of H-pyrrole nitrogens is 1. The van der Waals surface area contributed by atoms with Gasteiger partial charge < -0.3 is 10.1 Å². The van der Waals surface area contributed by atoms with Crippen LogP contribution in [0.4, 0.5) is 5.69 Å². The largest absolute Gasteiger partial charge is 0.494 e. The van der Waals surface area contributed by atoms with E-state index in [1.54, 1.807) is 12.4 Å². The summed E-state index contributed by atoms with van der Waals surface area (Å²) in [7, 11) is 0. The predicted octanol–water partition coefficient (Wildman–Crippen LogP) is 3.35. The van der Waals surface area contributed by atoms with Crippen molar-refractivity contribution >= 4 is 28.4 Å². The fourth-order valence-electron chi connectivity index (χ4n) is 3.26. The van der Waals surface area contributed by atoms with Crippen LogP contribution in [0.15, 0.2) is 77.2 Å². The van der Waals surface area contributed by atoms with Crippen molar-refractivity contribution < 1.29 is 5.11 Å². The van der Waals surface area contributed by atoms with Gasteiger partial charge in [0.25, 0.3) is 0 Å². The van der Waals surface area contributed by atoms with Crippen molar-refractivity contribution in [3.8, 4) is 5.88 Å². The summed E-state index contributed by atoms with van der Waals surface area (Å²) < 4.78 is 0. The first kappa shape index (κ1) is 14.6. The number of hydrogen-bond acceptors (Lipinski definition) is 4. The van der Waals surface area contributed by atoms with Crippen molar-refractivity contribution in [1.82, 2.24) is 9.97 Å². The number of hydrogen-bond donors (Lipinski definition) is 2. The molecule has 1 aliphatic rings. The molecule has 0 fully saturated rings. The second kappa shape index (κ2) is 5.67. The monoisotopic (exact) mass is 338 g/mol. The van der Waals surface area contributed by atoms with E-state index >= 15 is 0 Å². The molecule has 3 heterocycles. The maximum Gasteiger partial charge on any atom is 0.196 e. The van der Waals surface area contributed by atoms with Gasteiger partial charge in [-0.3, -0.25) is 4.98 Å². The third-order valence-corrected chi connectivity index (χ3v) is 4.51. The Kier molecular flexibility index (Phi) is 3.18. The number of azo groups is 1. The van der Waals surface area contributed by atoms with Gasteiger partial charge in [-0.2, -0.15) is 0 Å². The average Bonchev–Trinajstić information content (AvgIpc) is 3.23. The van der Waals surface area contributed by atoms with E-state index in [1.165, 1.54) is 0 Å². The highest BCUT2D eigenvalue weighted by Gasteiger charge is 2.12. The first-order chi connectivity index (χ1) is 12.8. The molecule has 0 bridgehead atoms. The molecule has 1 aliphatic heterocycles. The number of nitrogens with zero attached hydrogens (tertiary/aromatic N) is 3. The van der Waals surface area contributed by atoms with Gasteiger partial charge in [0, 0.05) is 39.6 Å². The van der Waals surface area contributed by atoms with Gasteiger partial charge in [0.1, 0.15) is 5.70 Å². The smallest absolute Gasteiger partial charge is 0.196 e. The van der Waals surface area contributed by atoms with Gasteiger partial charge in [0.15, 0.2) is 5.88 Å². The lowest BCUT2D eigenvalue weighted by Gasteiger charge is -1.97. The SMILES string of the molecule is Oc1[nH]c2ccccc2c1/C=c1\ccc2c(c1)N=NC=2c1cccnc1.